The van der Waals surface area contributed by atoms with Gasteiger partial charge in [0, 0.05) is 95.5 Å². The van der Waals surface area contributed by atoms with E-state index in [4.69, 9.17) is 24.0 Å². The summed E-state index contributed by atoms with van der Waals surface area (Å²) in [6.45, 7) is 5.79. The zero-order valence-corrected chi connectivity index (χ0v) is 37.6. The molecule has 5 aromatic rings. The standard InChI is InChI=1S/C43H36N3O5.C3H4O.W.Y/c1-26-16-34-29(14-15-32-18-30-10-3-5-12-37(30)45(32)42(34)47)20-39(26)50-24-27-8-7-9-28(17-27)25-51-41-22-36-35(21-40(41)49-2)43(48)46-33(23-44-36)19-31-11-4-6-13-38(31)46;1-2-3-4;;/h3-6,8-13,16-17,20-23,32-33H,14-15,18-19,24-25H2,1-2H3;1-2H2;;/q-1;-2;;/t32-,33+;;;/m1.../s1. The molecule has 287 valence electrons. The Balaban J connectivity index is 0.000000876. The fourth-order valence-electron chi connectivity index (χ4n) is 7.97. The number of anilines is 2. The number of amides is 2. The molecule has 0 unspecified atom stereocenters. The smallest absolute Gasteiger partial charge is 0.261 e. The number of benzene rings is 5. The van der Waals surface area contributed by atoms with E-state index >= 15 is 0 Å². The van der Waals surface area contributed by atoms with Gasteiger partial charge in [-0.2, -0.15) is 24.3 Å². The summed E-state index contributed by atoms with van der Waals surface area (Å²) in [6.07, 6.45) is 7.06. The van der Waals surface area contributed by atoms with Crippen molar-refractivity contribution < 1.29 is 82.4 Å². The van der Waals surface area contributed by atoms with Crippen LogP contribution < -0.4 is 24.0 Å². The number of aliphatic imine (C=N–C) groups is 1. The Bertz CT molecular complexity index is 2350. The van der Waals surface area contributed by atoms with E-state index in [1.165, 1.54) is 5.56 Å². The first-order valence-corrected chi connectivity index (χ1v) is 18.5. The van der Waals surface area contributed by atoms with E-state index in [-0.39, 0.29) is 90.7 Å². The molecule has 4 aliphatic rings. The first-order valence-electron chi connectivity index (χ1n) is 18.5. The second-order valence-corrected chi connectivity index (χ2v) is 14.1. The molecule has 0 saturated heterocycles. The van der Waals surface area contributed by atoms with Gasteiger partial charge in [0.1, 0.15) is 5.75 Å². The van der Waals surface area contributed by atoms with Gasteiger partial charge in [-0.25, -0.2) is 0 Å². The minimum atomic E-state index is -0.133. The normalized spacial score (nSPS) is 16.7. The molecule has 0 N–H and O–H groups in total. The second-order valence-electron chi connectivity index (χ2n) is 14.1. The first kappa shape index (κ1) is 42.2. The van der Waals surface area contributed by atoms with E-state index in [9.17, 15) is 9.59 Å². The zero-order valence-electron chi connectivity index (χ0n) is 31.8. The Labute approximate surface area is 372 Å². The van der Waals surface area contributed by atoms with Gasteiger partial charge in [-0.3, -0.25) is 32.2 Å². The zero-order chi connectivity index (χ0) is 38.1. The van der Waals surface area contributed by atoms with Crippen LogP contribution in [-0.2, 0) is 91.0 Å². The first-order chi connectivity index (χ1) is 26.9. The topological polar surface area (TPSA) is 97.7 Å². The Morgan fingerprint density at radius 3 is 2.12 bits per heavy atom. The van der Waals surface area contributed by atoms with E-state index in [1.807, 2.05) is 83.6 Å². The molecule has 0 spiro atoms. The van der Waals surface area contributed by atoms with E-state index < -0.39 is 0 Å². The van der Waals surface area contributed by atoms with Gasteiger partial charge in [0.25, 0.3) is 11.8 Å². The maximum absolute atomic E-state index is 13.8. The average Bonchev–Trinajstić information content (AvgIpc) is 3.71. The molecule has 4 heterocycles. The minimum absolute atomic E-state index is 0. The molecule has 9 nitrogen and oxygen atoms in total. The number of ether oxygens (including phenoxy) is 3. The van der Waals surface area contributed by atoms with Crippen LogP contribution in [0.25, 0.3) is 0 Å². The van der Waals surface area contributed by atoms with E-state index in [0.717, 1.165) is 76.2 Å². The summed E-state index contributed by atoms with van der Waals surface area (Å²) in [5, 5.41) is 0. The van der Waals surface area contributed by atoms with Crippen LogP contribution in [0.3, 0.4) is 0 Å². The van der Waals surface area contributed by atoms with E-state index in [0.29, 0.717) is 29.4 Å². The van der Waals surface area contributed by atoms with E-state index in [1.54, 1.807) is 25.5 Å². The van der Waals surface area contributed by atoms with Crippen LogP contribution in [-0.4, -0.2) is 43.5 Å². The molecule has 0 bridgehead atoms. The fourth-order valence-corrected chi connectivity index (χ4v) is 7.97. The Morgan fingerprint density at radius 1 is 0.807 bits per heavy atom. The number of para-hydroxylation sites is 2. The summed E-state index contributed by atoms with van der Waals surface area (Å²) in [4.78, 5) is 45.1. The van der Waals surface area contributed by atoms with Gasteiger partial charge in [-0.15, -0.1) is 11.1 Å². The largest absolute Gasteiger partial charge is 0.544 e. The number of aryl methyl sites for hydroxylation is 2. The summed E-state index contributed by atoms with van der Waals surface area (Å²) in [6, 6.07) is 32.9. The van der Waals surface area contributed by atoms with Crippen molar-refractivity contribution in [2.45, 2.75) is 64.3 Å². The van der Waals surface area contributed by atoms with Gasteiger partial charge in [-0.1, -0.05) is 36.4 Å². The summed E-state index contributed by atoms with van der Waals surface area (Å²) < 4.78 is 18.3. The number of nitrogens with zero attached hydrogens (tertiary/aromatic N) is 3. The monoisotopic (exact) mass is 1000 g/mol. The third-order valence-corrected chi connectivity index (χ3v) is 10.6. The molecule has 57 heavy (non-hydrogen) atoms. The van der Waals surface area contributed by atoms with Gasteiger partial charge in [0.05, 0.1) is 37.6 Å². The van der Waals surface area contributed by atoms with E-state index in [2.05, 4.69) is 31.2 Å². The van der Waals surface area contributed by atoms with Gasteiger partial charge in [0.2, 0.25) is 0 Å². The number of methoxy groups -OCH3 is 1. The van der Waals surface area contributed by atoms with Crippen molar-refractivity contribution in [3.63, 3.8) is 0 Å². The third-order valence-electron chi connectivity index (χ3n) is 10.6. The van der Waals surface area contributed by atoms with Crippen molar-refractivity contribution in [3.8, 4) is 17.2 Å². The summed E-state index contributed by atoms with van der Waals surface area (Å²) in [5.41, 5.74) is 9.96. The second kappa shape index (κ2) is 18.4. The Morgan fingerprint density at radius 2 is 1.44 bits per heavy atom. The Hall–Kier alpha value is -4.43. The number of hydrogen-bond donors (Lipinski definition) is 0. The molecular weight excluding hydrogens is 963 g/mol. The van der Waals surface area contributed by atoms with Crippen molar-refractivity contribution in [2.24, 2.45) is 4.99 Å². The van der Waals surface area contributed by atoms with Crippen molar-refractivity contribution in [1.29, 1.82) is 0 Å². The number of carbonyl (C=O) groups is 2. The molecule has 2 atom stereocenters. The van der Waals surface area contributed by atoms with Crippen LogP contribution in [0.2, 0.25) is 0 Å². The van der Waals surface area contributed by atoms with Crippen LogP contribution in [0.15, 0.2) is 96.0 Å². The molecule has 1 radical (unpaired) electrons. The third kappa shape index (κ3) is 8.44. The molecule has 0 fully saturated rings. The molecule has 0 saturated carbocycles. The summed E-state index contributed by atoms with van der Waals surface area (Å²) in [7, 11) is 1.57. The molecule has 5 aromatic carbocycles. The van der Waals surface area contributed by atoms with Crippen molar-refractivity contribution >= 4 is 41.4 Å². The number of fused-ring (bicyclic) bond motifs is 8. The van der Waals surface area contributed by atoms with Gasteiger partial charge < -0.3 is 30.8 Å². The molecule has 11 heteroatoms. The molecule has 4 aliphatic heterocycles. The van der Waals surface area contributed by atoms with Crippen molar-refractivity contribution in [3.05, 3.63) is 148 Å². The van der Waals surface area contributed by atoms with Gasteiger partial charge in [-0.05, 0) is 78.8 Å². The van der Waals surface area contributed by atoms with Crippen LogP contribution >= 0.6 is 0 Å². The molecule has 2 amide bonds. The predicted molar refractivity (Wildman–Crippen MR) is 212 cm³/mol. The van der Waals surface area contributed by atoms with Crippen LogP contribution in [0, 0.1) is 19.9 Å². The summed E-state index contributed by atoms with van der Waals surface area (Å²) in [5.74, 6) is 1.72. The number of hydrogen-bond acceptors (Lipinski definition) is 7. The Kier molecular flexibility index (Phi) is 13.6. The van der Waals surface area contributed by atoms with Crippen LogP contribution in [0.4, 0.5) is 17.1 Å². The van der Waals surface area contributed by atoms with Crippen molar-refractivity contribution in [1.82, 2.24) is 0 Å². The number of rotatable bonds is 8. The SMILES string of the molecule is COc1cc2c(cc1OCc1c[c-]cc(COc3cc4c(cc3C)C(=O)N3c5ccccc5C[C@H]3CC4)c1)N=C[C@@H]1Cc3ccccc3N1C2=O.[CH2-]C[C-]=O.[W].[Y]. The van der Waals surface area contributed by atoms with Crippen LogP contribution in [0.5, 0.6) is 17.2 Å². The molecule has 9 rings (SSSR count). The maximum atomic E-state index is 13.8. The minimum Gasteiger partial charge on any atom is -0.544 e. The quantitative estimate of drug-likeness (QED) is 0.146. The van der Waals surface area contributed by atoms with Crippen LogP contribution in [0.1, 0.15) is 66.9 Å². The molecule has 0 aliphatic carbocycles. The van der Waals surface area contributed by atoms with Gasteiger partial charge in [0.15, 0.2) is 11.5 Å². The maximum Gasteiger partial charge on any atom is 0.261 e. The summed E-state index contributed by atoms with van der Waals surface area (Å²) >= 11 is 0. The molecule has 0 aromatic heterocycles. The predicted octanol–water partition coefficient (Wildman–Crippen LogP) is 8.08. The molecular formula is C46H40N3O6WY-3. The fraction of sp³-hybridized carbons (Fsp3) is 0.239. The van der Waals surface area contributed by atoms with Crippen molar-refractivity contribution in [2.75, 3.05) is 16.9 Å². The number of carbonyl (C=O) groups excluding carboxylic acids is 3. The van der Waals surface area contributed by atoms with Gasteiger partial charge >= 0.3 is 0 Å². The average molecular weight is 1000 g/mol.